The topological polar surface area (TPSA) is 50.4 Å². The molecule has 0 aliphatic carbocycles. The summed E-state index contributed by atoms with van der Waals surface area (Å²) in [6.45, 7) is 1.36. The molecule has 0 saturated carbocycles. The van der Waals surface area contributed by atoms with Gasteiger partial charge in [-0.05, 0) is 19.3 Å². The van der Waals surface area contributed by atoms with Crippen LogP contribution in [0.15, 0.2) is 0 Å². The number of alkyl halides is 1. The fourth-order valence-electron chi connectivity index (χ4n) is 1.16. The van der Waals surface area contributed by atoms with Gasteiger partial charge in [-0.15, -0.1) is 11.6 Å². The van der Waals surface area contributed by atoms with Crippen LogP contribution in [0.1, 0.15) is 19.3 Å². The molecule has 2 amide bonds. The molecule has 0 aromatic carbocycles. The minimum atomic E-state index is -0.169. The van der Waals surface area contributed by atoms with Gasteiger partial charge in [0.1, 0.15) is 6.23 Å². The number of rotatable bonds is 4. The number of carbonyl (C=O) groups is 1. The van der Waals surface area contributed by atoms with Gasteiger partial charge in [0.2, 0.25) is 0 Å². The summed E-state index contributed by atoms with van der Waals surface area (Å²) in [5.74, 6) is 0.570. The van der Waals surface area contributed by atoms with Crippen molar-refractivity contribution in [3.63, 3.8) is 0 Å². The molecule has 0 radical (unpaired) electrons. The zero-order chi connectivity index (χ0) is 9.52. The van der Waals surface area contributed by atoms with E-state index in [1.54, 1.807) is 0 Å². The van der Waals surface area contributed by atoms with Crippen molar-refractivity contribution in [1.29, 1.82) is 0 Å². The van der Waals surface area contributed by atoms with Crippen LogP contribution in [0.3, 0.4) is 0 Å². The zero-order valence-corrected chi connectivity index (χ0v) is 8.27. The predicted molar refractivity (Wildman–Crippen MR) is 50.8 cm³/mol. The molecule has 1 unspecified atom stereocenters. The molecule has 2 N–H and O–H groups in total. The fraction of sp³-hybridized carbons (Fsp3) is 0.875. The van der Waals surface area contributed by atoms with Crippen molar-refractivity contribution in [2.75, 3.05) is 19.0 Å². The summed E-state index contributed by atoms with van der Waals surface area (Å²) in [6, 6.07) is -0.169. The Kier molecular flexibility index (Phi) is 4.93. The van der Waals surface area contributed by atoms with Crippen LogP contribution in [-0.2, 0) is 4.74 Å². The lowest BCUT2D eigenvalue weighted by Gasteiger charge is -2.12. The monoisotopic (exact) mass is 206 g/mol. The standard InChI is InChI=1S/C8H15ClN2O2/c9-4-2-5-10-8(12)11-7-3-1-6-13-7/h7H,1-6H2,(H2,10,11,12). The molecule has 1 saturated heterocycles. The summed E-state index contributed by atoms with van der Waals surface area (Å²) in [5, 5.41) is 5.42. The van der Waals surface area contributed by atoms with Gasteiger partial charge in [0.25, 0.3) is 0 Å². The minimum Gasteiger partial charge on any atom is -0.358 e. The Hall–Kier alpha value is -0.480. The molecular weight excluding hydrogens is 192 g/mol. The molecule has 1 atom stereocenters. The molecule has 5 heteroatoms. The molecule has 1 heterocycles. The van der Waals surface area contributed by atoms with E-state index in [0.717, 1.165) is 25.9 Å². The number of urea groups is 1. The molecule has 1 aliphatic rings. The van der Waals surface area contributed by atoms with Crippen molar-refractivity contribution < 1.29 is 9.53 Å². The molecule has 0 spiro atoms. The number of hydrogen-bond donors (Lipinski definition) is 2. The molecule has 0 bridgehead atoms. The van der Waals surface area contributed by atoms with E-state index in [2.05, 4.69) is 10.6 Å². The molecule has 76 valence electrons. The summed E-state index contributed by atoms with van der Waals surface area (Å²) >= 11 is 5.46. The maximum Gasteiger partial charge on any atom is 0.316 e. The highest BCUT2D eigenvalue weighted by atomic mass is 35.5. The Morgan fingerprint density at radius 3 is 3.08 bits per heavy atom. The number of carbonyl (C=O) groups excluding carboxylic acids is 1. The lowest BCUT2D eigenvalue weighted by Crippen LogP contribution is -2.42. The van der Waals surface area contributed by atoms with Crippen LogP contribution in [0.25, 0.3) is 0 Å². The summed E-state index contributed by atoms with van der Waals surface area (Å²) in [7, 11) is 0. The first-order valence-electron chi connectivity index (χ1n) is 4.55. The van der Waals surface area contributed by atoms with E-state index in [1.165, 1.54) is 0 Å². The van der Waals surface area contributed by atoms with Crippen LogP contribution in [0, 0.1) is 0 Å². The first-order valence-corrected chi connectivity index (χ1v) is 5.08. The normalized spacial score (nSPS) is 21.5. The summed E-state index contributed by atoms with van der Waals surface area (Å²) in [4.78, 5) is 11.1. The zero-order valence-electron chi connectivity index (χ0n) is 7.51. The van der Waals surface area contributed by atoms with E-state index in [1.807, 2.05) is 0 Å². The van der Waals surface area contributed by atoms with Gasteiger partial charge in [-0.25, -0.2) is 4.79 Å². The van der Waals surface area contributed by atoms with Crippen molar-refractivity contribution >= 4 is 17.6 Å². The van der Waals surface area contributed by atoms with Gasteiger partial charge >= 0.3 is 6.03 Å². The lowest BCUT2D eigenvalue weighted by molar-refractivity contribution is 0.0908. The smallest absolute Gasteiger partial charge is 0.316 e. The number of halogens is 1. The van der Waals surface area contributed by atoms with Gasteiger partial charge in [0, 0.05) is 19.0 Å². The number of hydrogen-bond acceptors (Lipinski definition) is 2. The second kappa shape index (κ2) is 6.05. The number of nitrogens with one attached hydrogen (secondary N) is 2. The second-order valence-electron chi connectivity index (χ2n) is 2.94. The van der Waals surface area contributed by atoms with E-state index >= 15 is 0 Å². The first kappa shape index (κ1) is 10.6. The van der Waals surface area contributed by atoms with E-state index in [-0.39, 0.29) is 12.3 Å². The lowest BCUT2D eigenvalue weighted by atomic mass is 10.3. The summed E-state index contributed by atoms with van der Waals surface area (Å²) in [6.07, 6.45) is 2.62. The van der Waals surface area contributed by atoms with Gasteiger partial charge in [-0.2, -0.15) is 0 Å². The Balaban J connectivity index is 2.02. The average molecular weight is 207 g/mol. The van der Waals surface area contributed by atoms with Gasteiger partial charge < -0.3 is 15.4 Å². The third-order valence-electron chi connectivity index (χ3n) is 1.82. The molecule has 1 rings (SSSR count). The first-order chi connectivity index (χ1) is 6.33. The van der Waals surface area contributed by atoms with Crippen molar-refractivity contribution in [2.45, 2.75) is 25.5 Å². The van der Waals surface area contributed by atoms with Crippen molar-refractivity contribution in [1.82, 2.24) is 10.6 Å². The molecular formula is C8H15ClN2O2. The Bertz CT molecular complexity index is 160. The molecule has 1 aliphatic heterocycles. The van der Waals surface area contributed by atoms with Gasteiger partial charge in [0.05, 0.1) is 0 Å². The number of amides is 2. The van der Waals surface area contributed by atoms with Crippen LogP contribution < -0.4 is 10.6 Å². The average Bonchev–Trinajstić information content (AvgIpc) is 2.57. The van der Waals surface area contributed by atoms with E-state index < -0.39 is 0 Å². The maximum atomic E-state index is 11.1. The molecule has 0 aromatic rings. The molecule has 13 heavy (non-hydrogen) atoms. The van der Waals surface area contributed by atoms with Crippen LogP contribution in [0.4, 0.5) is 4.79 Å². The SMILES string of the molecule is O=C(NCCCCl)NC1CCCO1. The number of ether oxygens (including phenoxy) is 1. The van der Waals surface area contributed by atoms with Crippen molar-refractivity contribution in [3.8, 4) is 0 Å². The van der Waals surface area contributed by atoms with Crippen LogP contribution in [-0.4, -0.2) is 31.3 Å². The maximum absolute atomic E-state index is 11.1. The molecule has 0 aromatic heterocycles. The summed E-state index contributed by atoms with van der Waals surface area (Å²) in [5.41, 5.74) is 0. The van der Waals surface area contributed by atoms with Crippen LogP contribution in [0.2, 0.25) is 0 Å². The van der Waals surface area contributed by atoms with E-state index in [9.17, 15) is 4.79 Å². The van der Waals surface area contributed by atoms with Gasteiger partial charge in [0.15, 0.2) is 0 Å². The highest BCUT2D eigenvalue weighted by molar-refractivity contribution is 6.17. The highest BCUT2D eigenvalue weighted by Crippen LogP contribution is 2.08. The van der Waals surface area contributed by atoms with Crippen LogP contribution >= 0.6 is 11.6 Å². The molecule has 1 fully saturated rings. The summed E-state index contributed by atoms with van der Waals surface area (Å²) < 4.78 is 5.23. The van der Waals surface area contributed by atoms with Gasteiger partial charge in [-0.3, -0.25) is 0 Å². The Morgan fingerprint density at radius 1 is 1.62 bits per heavy atom. The largest absolute Gasteiger partial charge is 0.358 e. The quantitative estimate of drug-likeness (QED) is 0.534. The van der Waals surface area contributed by atoms with E-state index in [4.69, 9.17) is 16.3 Å². The minimum absolute atomic E-state index is 0.101. The second-order valence-corrected chi connectivity index (χ2v) is 3.32. The Morgan fingerprint density at radius 2 is 2.46 bits per heavy atom. The van der Waals surface area contributed by atoms with Crippen LogP contribution in [0.5, 0.6) is 0 Å². The fourth-order valence-corrected chi connectivity index (χ4v) is 1.29. The molecule has 4 nitrogen and oxygen atoms in total. The van der Waals surface area contributed by atoms with E-state index in [0.29, 0.717) is 12.4 Å². The third-order valence-corrected chi connectivity index (χ3v) is 2.08. The Labute approximate surface area is 83.0 Å². The third kappa shape index (κ3) is 4.33. The van der Waals surface area contributed by atoms with Crippen molar-refractivity contribution in [2.24, 2.45) is 0 Å². The van der Waals surface area contributed by atoms with Gasteiger partial charge in [-0.1, -0.05) is 0 Å². The van der Waals surface area contributed by atoms with Crippen molar-refractivity contribution in [3.05, 3.63) is 0 Å². The predicted octanol–water partition coefficient (Wildman–Crippen LogP) is 1.05. The highest BCUT2D eigenvalue weighted by Gasteiger charge is 2.16.